The van der Waals surface area contributed by atoms with Gasteiger partial charge in [0.2, 0.25) is 0 Å². The number of nitrogens with zero attached hydrogens (tertiary/aromatic N) is 2. The zero-order chi connectivity index (χ0) is 15.7. The van der Waals surface area contributed by atoms with E-state index in [0.29, 0.717) is 22.5 Å². The van der Waals surface area contributed by atoms with Crippen molar-refractivity contribution >= 4 is 11.5 Å². The summed E-state index contributed by atoms with van der Waals surface area (Å²) in [6.45, 7) is 3.75. The third kappa shape index (κ3) is 2.29. The van der Waals surface area contributed by atoms with Gasteiger partial charge in [0, 0.05) is 11.3 Å². The maximum atomic E-state index is 12.8. The monoisotopic (exact) mass is 291 g/mol. The van der Waals surface area contributed by atoms with E-state index in [-0.39, 0.29) is 5.78 Å². The van der Waals surface area contributed by atoms with E-state index in [1.807, 2.05) is 56.3 Å². The molecule has 110 valence electrons. The van der Waals surface area contributed by atoms with Crippen LogP contribution in [0.3, 0.4) is 0 Å². The molecule has 0 atom stereocenters. The van der Waals surface area contributed by atoms with Gasteiger partial charge in [0.25, 0.3) is 0 Å². The first-order valence-corrected chi connectivity index (χ1v) is 7.10. The highest BCUT2D eigenvalue weighted by Gasteiger charge is 2.21. The topological polar surface area (TPSA) is 60.9 Å². The molecule has 0 saturated heterocycles. The van der Waals surface area contributed by atoms with Crippen LogP contribution in [0.5, 0.6) is 0 Å². The molecule has 0 amide bonds. The van der Waals surface area contributed by atoms with Crippen LogP contribution in [0, 0.1) is 13.8 Å². The molecule has 4 heteroatoms. The minimum Gasteiger partial charge on any atom is -0.398 e. The summed E-state index contributed by atoms with van der Waals surface area (Å²) in [6.07, 6.45) is 0. The molecule has 0 bridgehead atoms. The summed E-state index contributed by atoms with van der Waals surface area (Å²) in [6, 6.07) is 16.9. The first-order valence-electron chi connectivity index (χ1n) is 7.10. The number of para-hydroxylation sites is 2. The second-order valence-electron chi connectivity index (χ2n) is 5.21. The summed E-state index contributed by atoms with van der Waals surface area (Å²) < 4.78 is 1.79. The summed E-state index contributed by atoms with van der Waals surface area (Å²) in [7, 11) is 0. The molecule has 0 spiro atoms. The predicted octanol–water partition coefficient (Wildman–Crippen LogP) is 3.30. The second-order valence-corrected chi connectivity index (χ2v) is 5.21. The number of carbonyl (C=O) groups is 1. The fraction of sp³-hybridized carbons (Fsp3) is 0.111. The first kappa shape index (κ1) is 14.1. The summed E-state index contributed by atoms with van der Waals surface area (Å²) >= 11 is 0. The molecule has 4 nitrogen and oxygen atoms in total. The molecule has 0 aliphatic heterocycles. The van der Waals surface area contributed by atoms with Crippen molar-refractivity contribution in [3.8, 4) is 5.69 Å². The Labute approximate surface area is 129 Å². The van der Waals surface area contributed by atoms with Crippen LogP contribution >= 0.6 is 0 Å². The van der Waals surface area contributed by atoms with Crippen LogP contribution in [0.2, 0.25) is 0 Å². The quantitative estimate of drug-likeness (QED) is 0.595. The van der Waals surface area contributed by atoms with Gasteiger partial charge in [-0.05, 0) is 38.1 Å². The number of rotatable bonds is 3. The standard InChI is InChI=1S/C18H17N3O/c1-12-17(18(22)15-10-6-7-11-16(15)19)13(2)21(20-12)14-8-4-3-5-9-14/h3-11H,19H2,1-2H3. The van der Waals surface area contributed by atoms with Crippen LogP contribution in [0.25, 0.3) is 5.69 Å². The molecule has 0 unspecified atom stereocenters. The molecule has 1 aromatic heterocycles. The van der Waals surface area contributed by atoms with Gasteiger partial charge in [0.05, 0.1) is 22.6 Å². The molecule has 1 heterocycles. The van der Waals surface area contributed by atoms with Gasteiger partial charge < -0.3 is 5.73 Å². The van der Waals surface area contributed by atoms with E-state index in [2.05, 4.69) is 5.10 Å². The van der Waals surface area contributed by atoms with E-state index in [4.69, 9.17) is 5.73 Å². The van der Waals surface area contributed by atoms with Crippen LogP contribution in [0.15, 0.2) is 54.6 Å². The van der Waals surface area contributed by atoms with Gasteiger partial charge in [-0.2, -0.15) is 5.10 Å². The third-order valence-corrected chi connectivity index (χ3v) is 3.72. The summed E-state index contributed by atoms with van der Waals surface area (Å²) in [5.41, 5.74) is 10.00. The van der Waals surface area contributed by atoms with Crippen molar-refractivity contribution < 1.29 is 4.79 Å². The Bertz CT molecular complexity index is 835. The lowest BCUT2D eigenvalue weighted by Gasteiger charge is -2.06. The first-order chi connectivity index (χ1) is 10.6. The zero-order valence-corrected chi connectivity index (χ0v) is 12.6. The van der Waals surface area contributed by atoms with Gasteiger partial charge >= 0.3 is 0 Å². The Morgan fingerprint density at radius 2 is 1.64 bits per heavy atom. The fourth-order valence-electron chi connectivity index (χ4n) is 2.63. The number of anilines is 1. The molecule has 0 radical (unpaired) electrons. The summed E-state index contributed by atoms with van der Waals surface area (Å²) in [5, 5.41) is 4.51. The molecule has 3 rings (SSSR count). The molecule has 22 heavy (non-hydrogen) atoms. The maximum absolute atomic E-state index is 12.8. The minimum absolute atomic E-state index is 0.0877. The van der Waals surface area contributed by atoms with Gasteiger partial charge in [0.1, 0.15) is 0 Å². The summed E-state index contributed by atoms with van der Waals surface area (Å²) in [5.74, 6) is -0.0877. The van der Waals surface area contributed by atoms with Gasteiger partial charge in [0.15, 0.2) is 5.78 Å². The lowest BCUT2D eigenvalue weighted by Crippen LogP contribution is -2.08. The normalized spacial score (nSPS) is 10.6. The molecule has 0 aliphatic rings. The third-order valence-electron chi connectivity index (χ3n) is 3.72. The molecule has 3 aromatic rings. The highest BCUT2D eigenvalue weighted by molar-refractivity contribution is 6.13. The van der Waals surface area contributed by atoms with Crippen molar-refractivity contribution in [2.45, 2.75) is 13.8 Å². The molecule has 0 fully saturated rings. The molecular weight excluding hydrogens is 274 g/mol. The molecule has 2 aromatic carbocycles. The van der Waals surface area contributed by atoms with E-state index >= 15 is 0 Å². The number of nitrogen functional groups attached to an aromatic ring is 1. The lowest BCUT2D eigenvalue weighted by molar-refractivity contribution is 0.103. The number of ketones is 1. The van der Waals surface area contributed by atoms with Crippen molar-refractivity contribution in [2.75, 3.05) is 5.73 Å². The number of benzene rings is 2. The minimum atomic E-state index is -0.0877. The number of hydrogen-bond acceptors (Lipinski definition) is 3. The Hall–Kier alpha value is -2.88. The highest BCUT2D eigenvalue weighted by Crippen LogP contribution is 2.23. The van der Waals surface area contributed by atoms with Gasteiger partial charge in [-0.25, -0.2) is 4.68 Å². The van der Waals surface area contributed by atoms with Crippen LogP contribution in [-0.2, 0) is 0 Å². The van der Waals surface area contributed by atoms with E-state index in [1.165, 1.54) is 0 Å². The summed E-state index contributed by atoms with van der Waals surface area (Å²) in [4.78, 5) is 12.8. The van der Waals surface area contributed by atoms with Gasteiger partial charge in [-0.3, -0.25) is 4.79 Å². The van der Waals surface area contributed by atoms with E-state index in [9.17, 15) is 4.79 Å². The average Bonchev–Trinajstić information content (AvgIpc) is 2.83. The SMILES string of the molecule is Cc1nn(-c2ccccc2)c(C)c1C(=O)c1ccccc1N. The maximum Gasteiger partial charge on any atom is 0.198 e. The van der Waals surface area contributed by atoms with E-state index in [0.717, 1.165) is 11.4 Å². The lowest BCUT2D eigenvalue weighted by atomic mass is 10.0. The molecular formula is C18H17N3O. The van der Waals surface area contributed by atoms with Crippen molar-refractivity contribution in [1.82, 2.24) is 9.78 Å². The highest BCUT2D eigenvalue weighted by atomic mass is 16.1. The average molecular weight is 291 g/mol. The van der Waals surface area contributed by atoms with Crippen molar-refractivity contribution in [1.29, 1.82) is 0 Å². The molecule has 0 saturated carbocycles. The number of aromatic nitrogens is 2. The Kier molecular flexibility index (Phi) is 3.51. The van der Waals surface area contributed by atoms with Crippen molar-refractivity contribution in [3.05, 3.63) is 77.1 Å². The number of hydrogen-bond donors (Lipinski definition) is 1. The van der Waals surface area contributed by atoms with Crippen molar-refractivity contribution in [2.24, 2.45) is 0 Å². The predicted molar refractivity (Wildman–Crippen MR) is 87.3 cm³/mol. The van der Waals surface area contributed by atoms with E-state index in [1.54, 1.807) is 16.8 Å². The van der Waals surface area contributed by atoms with Crippen LogP contribution in [0.1, 0.15) is 27.3 Å². The Morgan fingerprint density at radius 1 is 1.00 bits per heavy atom. The van der Waals surface area contributed by atoms with Crippen LogP contribution in [0.4, 0.5) is 5.69 Å². The second kappa shape index (κ2) is 5.48. The number of carbonyl (C=O) groups excluding carboxylic acids is 1. The van der Waals surface area contributed by atoms with E-state index < -0.39 is 0 Å². The Morgan fingerprint density at radius 3 is 2.32 bits per heavy atom. The van der Waals surface area contributed by atoms with Crippen molar-refractivity contribution in [3.63, 3.8) is 0 Å². The Balaban J connectivity index is 2.12. The largest absolute Gasteiger partial charge is 0.398 e. The van der Waals surface area contributed by atoms with Crippen LogP contribution in [-0.4, -0.2) is 15.6 Å². The smallest absolute Gasteiger partial charge is 0.198 e. The number of nitrogens with two attached hydrogens (primary N) is 1. The molecule has 0 aliphatic carbocycles. The fourth-order valence-corrected chi connectivity index (χ4v) is 2.63. The zero-order valence-electron chi connectivity index (χ0n) is 12.6. The van der Waals surface area contributed by atoms with Gasteiger partial charge in [-0.15, -0.1) is 0 Å². The molecule has 2 N–H and O–H groups in total. The number of aryl methyl sites for hydroxylation is 1. The van der Waals surface area contributed by atoms with Crippen LogP contribution < -0.4 is 5.73 Å². The van der Waals surface area contributed by atoms with Gasteiger partial charge in [-0.1, -0.05) is 30.3 Å².